The van der Waals surface area contributed by atoms with Crippen LogP contribution >= 0.6 is 0 Å². The maximum Gasteiger partial charge on any atom is 0.320 e. The zero-order chi connectivity index (χ0) is 35.7. The molecule has 0 aliphatic carbocycles. The first-order chi connectivity index (χ1) is 21.7. The SMILES string of the molecule is CC.CCCCCCCC(C)C(NC[C@H](C=O)N(C)CCCC)C(=O)O.CN1CCN(CC(NC(=O)NCC=O)C(C)(C)C)S1=O. The first-order valence-electron chi connectivity index (χ1n) is 17.2. The summed E-state index contributed by atoms with van der Waals surface area (Å²) >= 11 is -1.14. The van der Waals surface area contributed by atoms with Crippen molar-refractivity contribution in [1.29, 1.82) is 0 Å². The molecule has 1 aliphatic rings. The Morgan fingerprint density at radius 3 is 2.11 bits per heavy atom. The standard InChI is InChI=1S/C19H38N2O3.C12H24N4O3S.C2H6/c1-5-7-9-10-11-12-16(3)18(19(23)24)20-14-17(15-22)21(4)13-8-6-2;1-12(2,3)10(14-11(18)13-5-8-17)9-16-7-6-15(4)20(16)19;1-2/h15-18,20H,5-14H2,1-4H3,(H,23,24);8,10H,5-7,9H2,1-4H3,(H2,13,14,18);1-2H3/t16?,17-,18?;;/m1../s1. The van der Waals surface area contributed by atoms with Crippen LogP contribution in [-0.2, 0) is 25.6 Å². The fourth-order valence-corrected chi connectivity index (χ4v) is 5.89. The average Bonchev–Trinajstić information content (AvgIpc) is 3.33. The summed E-state index contributed by atoms with van der Waals surface area (Å²) in [5, 5.41) is 17.9. The second kappa shape index (κ2) is 27.1. The molecule has 46 heavy (non-hydrogen) atoms. The van der Waals surface area contributed by atoms with Crippen LogP contribution in [0.4, 0.5) is 4.79 Å². The monoisotopic (exact) mass is 676 g/mol. The molecule has 0 aromatic heterocycles. The minimum absolute atomic E-state index is 0.0128. The normalized spacial score (nSPS) is 17.8. The Hall–Kier alpha value is -1.93. The van der Waals surface area contributed by atoms with E-state index in [0.29, 0.717) is 25.9 Å². The predicted molar refractivity (Wildman–Crippen MR) is 189 cm³/mol. The van der Waals surface area contributed by atoms with Crippen molar-refractivity contribution in [3.05, 3.63) is 0 Å². The Kier molecular flexibility index (Phi) is 27.2. The highest BCUT2D eigenvalue weighted by molar-refractivity contribution is 7.80. The molecule has 1 heterocycles. The quantitative estimate of drug-likeness (QED) is 0.105. The number of hydrogen-bond acceptors (Lipinski definition) is 7. The molecule has 5 atom stereocenters. The second-order valence-electron chi connectivity index (χ2n) is 12.9. The molecule has 0 saturated carbocycles. The number of aldehydes is 2. The van der Waals surface area contributed by atoms with Crippen LogP contribution in [0.5, 0.6) is 0 Å². The summed E-state index contributed by atoms with van der Waals surface area (Å²) in [5.41, 5.74) is -0.177. The van der Waals surface area contributed by atoms with Crippen LogP contribution in [0.1, 0.15) is 107 Å². The molecular formula is C33H68N6O6S. The average molecular weight is 677 g/mol. The number of carbonyl (C=O) groups is 4. The fraction of sp³-hybridized carbons (Fsp3) is 0.879. The highest BCUT2D eigenvalue weighted by Gasteiger charge is 2.33. The number of carboxylic acids is 1. The van der Waals surface area contributed by atoms with Gasteiger partial charge in [0.15, 0.2) is 11.2 Å². The van der Waals surface area contributed by atoms with Crippen molar-refractivity contribution < 1.29 is 28.5 Å². The summed E-state index contributed by atoms with van der Waals surface area (Å²) in [5.74, 6) is -0.755. The molecule has 0 radical (unpaired) electrons. The topological polar surface area (TPSA) is 151 Å². The van der Waals surface area contributed by atoms with Crippen molar-refractivity contribution in [2.45, 2.75) is 125 Å². The molecule has 2 amide bonds. The van der Waals surface area contributed by atoms with Gasteiger partial charge in [-0.15, -0.1) is 0 Å². The fourth-order valence-electron chi connectivity index (χ4n) is 4.74. The molecule has 1 aliphatic heterocycles. The van der Waals surface area contributed by atoms with Crippen LogP contribution in [0.25, 0.3) is 0 Å². The molecular weight excluding hydrogens is 608 g/mol. The highest BCUT2D eigenvalue weighted by atomic mass is 32.2. The maximum absolute atomic E-state index is 12.0. The highest BCUT2D eigenvalue weighted by Crippen LogP contribution is 2.22. The number of carbonyl (C=O) groups excluding carboxylic acids is 3. The number of carboxylic acid groups (broad SMARTS) is 1. The van der Waals surface area contributed by atoms with E-state index in [0.717, 1.165) is 45.1 Å². The van der Waals surface area contributed by atoms with Crippen LogP contribution in [0.3, 0.4) is 0 Å². The van der Waals surface area contributed by atoms with Gasteiger partial charge in [-0.3, -0.25) is 9.69 Å². The van der Waals surface area contributed by atoms with Gasteiger partial charge in [-0.2, -0.15) is 0 Å². The molecule has 4 unspecified atom stereocenters. The van der Waals surface area contributed by atoms with E-state index in [1.807, 2.05) is 64.8 Å². The summed E-state index contributed by atoms with van der Waals surface area (Å²) in [6.45, 7) is 19.5. The Bertz CT molecular complexity index is 859. The molecule has 13 heteroatoms. The second-order valence-corrected chi connectivity index (χ2v) is 14.5. The van der Waals surface area contributed by atoms with E-state index in [9.17, 15) is 28.5 Å². The van der Waals surface area contributed by atoms with Crippen molar-refractivity contribution in [1.82, 2.24) is 29.5 Å². The minimum atomic E-state index is -1.14. The van der Waals surface area contributed by atoms with Gasteiger partial charge in [-0.1, -0.05) is 93.9 Å². The summed E-state index contributed by atoms with van der Waals surface area (Å²) in [7, 11) is 3.73. The molecule has 0 aromatic carbocycles. The number of urea groups is 1. The third kappa shape index (κ3) is 20.3. The van der Waals surface area contributed by atoms with Crippen molar-refractivity contribution in [2.24, 2.45) is 11.3 Å². The lowest BCUT2D eigenvalue weighted by molar-refractivity contribution is -0.141. The molecule has 12 nitrogen and oxygen atoms in total. The number of amides is 2. The van der Waals surface area contributed by atoms with Crippen LogP contribution in [0.2, 0.25) is 0 Å². The van der Waals surface area contributed by atoms with E-state index < -0.39 is 23.2 Å². The van der Waals surface area contributed by atoms with Crippen LogP contribution in [-0.4, -0.2) is 119 Å². The van der Waals surface area contributed by atoms with Gasteiger partial charge < -0.3 is 30.6 Å². The number of likely N-dealkylation sites (N-methyl/N-ethyl adjacent to an activating group) is 2. The van der Waals surface area contributed by atoms with E-state index in [-0.39, 0.29) is 36.0 Å². The molecule has 272 valence electrons. The first-order valence-corrected chi connectivity index (χ1v) is 18.3. The van der Waals surface area contributed by atoms with Crippen molar-refractivity contribution >= 4 is 35.7 Å². The number of aliphatic carboxylic acids is 1. The molecule has 1 fully saturated rings. The van der Waals surface area contributed by atoms with Gasteiger partial charge in [-0.25, -0.2) is 17.6 Å². The Morgan fingerprint density at radius 1 is 1.02 bits per heavy atom. The Balaban J connectivity index is 0. The number of rotatable bonds is 21. The van der Waals surface area contributed by atoms with Crippen molar-refractivity contribution in [3.63, 3.8) is 0 Å². The third-order valence-corrected chi connectivity index (χ3v) is 9.46. The van der Waals surface area contributed by atoms with Crippen LogP contribution in [0.15, 0.2) is 0 Å². The molecule has 1 rings (SSSR count). The van der Waals surface area contributed by atoms with E-state index >= 15 is 0 Å². The molecule has 0 aromatic rings. The first kappa shape index (κ1) is 46.2. The lowest BCUT2D eigenvalue weighted by Gasteiger charge is -2.33. The lowest BCUT2D eigenvalue weighted by Crippen LogP contribution is -2.53. The zero-order valence-corrected chi connectivity index (χ0v) is 31.4. The number of unbranched alkanes of at least 4 members (excludes halogenated alkanes) is 5. The third-order valence-electron chi connectivity index (χ3n) is 7.97. The molecule has 0 spiro atoms. The van der Waals surface area contributed by atoms with Crippen molar-refractivity contribution in [2.75, 3.05) is 53.4 Å². The van der Waals surface area contributed by atoms with E-state index in [1.54, 1.807) is 4.31 Å². The molecule has 1 saturated heterocycles. The minimum Gasteiger partial charge on any atom is -0.480 e. The van der Waals surface area contributed by atoms with Gasteiger partial charge in [-0.05, 0) is 37.8 Å². The van der Waals surface area contributed by atoms with Crippen LogP contribution in [0, 0.1) is 11.3 Å². The molecule has 0 bridgehead atoms. The summed E-state index contributed by atoms with van der Waals surface area (Å²) in [6, 6.07) is -1.40. The summed E-state index contributed by atoms with van der Waals surface area (Å²) in [4.78, 5) is 46.8. The van der Waals surface area contributed by atoms with Crippen LogP contribution < -0.4 is 16.0 Å². The van der Waals surface area contributed by atoms with Gasteiger partial charge in [0.2, 0.25) is 0 Å². The number of hydrogen-bond donors (Lipinski definition) is 4. The van der Waals surface area contributed by atoms with Gasteiger partial charge in [0.1, 0.15) is 18.6 Å². The maximum atomic E-state index is 12.0. The van der Waals surface area contributed by atoms with Gasteiger partial charge in [0, 0.05) is 39.3 Å². The van der Waals surface area contributed by atoms with E-state index in [2.05, 4.69) is 29.8 Å². The number of nitrogens with zero attached hydrogens (tertiary/aromatic N) is 3. The van der Waals surface area contributed by atoms with Gasteiger partial charge in [0.05, 0.1) is 12.6 Å². The largest absolute Gasteiger partial charge is 0.480 e. The summed E-state index contributed by atoms with van der Waals surface area (Å²) in [6.07, 6.45) is 10.5. The predicted octanol–water partition coefficient (Wildman–Crippen LogP) is 4.08. The zero-order valence-electron chi connectivity index (χ0n) is 30.6. The van der Waals surface area contributed by atoms with Crippen molar-refractivity contribution in [3.8, 4) is 0 Å². The van der Waals surface area contributed by atoms with Gasteiger partial charge >= 0.3 is 12.0 Å². The Labute approximate surface area is 282 Å². The smallest absolute Gasteiger partial charge is 0.320 e. The lowest BCUT2D eigenvalue weighted by atomic mass is 9.86. The van der Waals surface area contributed by atoms with Gasteiger partial charge in [0.25, 0.3) is 0 Å². The Morgan fingerprint density at radius 2 is 1.63 bits per heavy atom. The number of nitrogens with one attached hydrogen (secondary N) is 3. The van der Waals surface area contributed by atoms with E-state index in [1.165, 1.54) is 25.7 Å². The molecule has 4 N–H and O–H groups in total. The summed E-state index contributed by atoms with van der Waals surface area (Å²) < 4.78 is 15.6. The van der Waals surface area contributed by atoms with E-state index in [4.69, 9.17) is 0 Å².